The number of H-pyrrole nitrogens is 1. The highest BCUT2D eigenvalue weighted by molar-refractivity contribution is 7.89. The van der Waals surface area contributed by atoms with Crippen molar-refractivity contribution in [1.29, 1.82) is 0 Å². The minimum Gasteiger partial charge on any atom is -0.351 e. The SMILES string of the molecule is O=C(NCC1(c2ncccc2F)CN(S(=O)(=O)c2c[nH]nn2)C1)c1ccc(Cl)cc1Cl. The van der Waals surface area contributed by atoms with Gasteiger partial charge in [0.2, 0.25) is 5.03 Å². The number of hydrogen-bond acceptors (Lipinski definition) is 6. The summed E-state index contributed by atoms with van der Waals surface area (Å²) in [5, 5.41) is 12.3. The maximum atomic E-state index is 14.6. The Hall–Kier alpha value is -2.60. The Kier molecular flexibility index (Phi) is 5.69. The standard InChI is InChI=1S/C18H15Cl2FN6O3S/c19-11-3-4-12(13(20)6-11)17(28)23-8-18(16-14(21)2-1-5-22-16)9-27(10-18)31(29,30)15-7-24-26-25-15/h1-7H,8-10H2,(H,23,28)(H,24,25,26). The molecule has 1 fully saturated rings. The molecule has 2 N–H and O–H groups in total. The second-order valence-corrected chi connectivity index (χ2v) is 9.73. The van der Waals surface area contributed by atoms with Crippen LogP contribution in [0.3, 0.4) is 0 Å². The zero-order chi connectivity index (χ0) is 22.2. The van der Waals surface area contributed by atoms with Crippen molar-refractivity contribution in [2.75, 3.05) is 19.6 Å². The van der Waals surface area contributed by atoms with Gasteiger partial charge >= 0.3 is 0 Å². The van der Waals surface area contributed by atoms with E-state index in [-0.39, 0.29) is 40.9 Å². The number of benzene rings is 1. The van der Waals surface area contributed by atoms with Gasteiger partial charge in [-0.05, 0) is 30.3 Å². The summed E-state index contributed by atoms with van der Waals surface area (Å²) in [5.74, 6) is -1.10. The number of nitrogens with zero attached hydrogens (tertiary/aromatic N) is 4. The fraction of sp³-hybridized carbons (Fsp3) is 0.222. The molecule has 1 amide bonds. The second-order valence-electron chi connectivity index (χ2n) is 7.01. The van der Waals surface area contributed by atoms with Gasteiger partial charge in [-0.15, -0.1) is 5.10 Å². The molecule has 1 aromatic carbocycles. The Labute approximate surface area is 186 Å². The average molecular weight is 485 g/mol. The van der Waals surface area contributed by atoms with Gasteiger partial charge in [0.15, 0.2) is 0 Å². The highest BCUT2D eigenvalue weighted by atomic mass is 35.5. The summed E-state index contributed by atoms with van der Waals surface area (Å²) in [6.07, 6.45) is 2.56. The third-order valence-corrected chi connectivity index (χ3v) is 7.19. The molecule has 9 nitrogen and oxygen atoms in total. The van der Waals surface area contributed by atoms with E-state index in [4.69, 9.17) is 23.2 Å². The van der Waals surface area contributed by atoms with Crippen molar-refractivity contribution in [3.8, 4) is 0 Å². The number of halogens is 3. The lowest BCUT2D eigenvalue weighted by Gasteiger charge is -2.48. The van der Waals surface area contributed by atoms with Crippen LogP contribution in [0, 0.1) is 5.82 Å². The van der Waals surface area contributed by atoms with Gasteiger partial charge in [-0.25, -0.2) is 12.8 Å². The van der Waals surface area contributed by atoms with E-state index >= 15 is 0 Å². The van der Waals surface area contributed by atoms with Crippen LogP contribution in [0.1, 0.15) is 16.1 Å². The molecule has 0 unspecified atom stereocenters. The summed E-state index contributed by atoms with van der Waals surface area (Å²) in [6.45, 7) is -0.279. The van der Waals surface area contributed by atoms with Gasteiger partial charge in [-0.3, -0.25) is 14.9 Å². The van der Waals surface area contributed by atoms with E-state index in [2.05, 4.69) is 25.7 Å². The Bertz CT molecular complexity index is 1230. The predicted molar refractivity (Wildman–Crippen MR) is 110 cm³/mol. The molecule has 0 atom stereocenters. The molecule has 1 aliphatic heterocycles. The van der Waals surface area contributed by atoms with Gasteiger partial charge < -0.3 is 5.32 Å². The van der Waals surface area contributed by atoms with Crippen LogP contribution in [-0.2, 0) is 15.4 Å². The molecule has 1 aliphatic rings. The Balaban J connectivity index is 1.58. The number of aromatic amines is 1. The third kappa shape index (κ3) is 4.01. The Morgan fingerprint density at radius 3 is 2.71 bits per heavy atom. The molecular formula is C18H15Cl2FN6O3S. The van der Waals surface area contributed by atoms with Crippen LogP contribution in [0.5, 0.6) is 0 Å². The van der Waals surface area contributed by atoms with Gasteiger partial charge in [0.1, 0.15) is 5.82 Å². The zero-order valence-corrected chi connectivity index (χ0v) is 18.0. The topological polar surface area (TPSA) is 121 Å². The van der Waals surface area contributed by atoms with Crippen LogP contribution < -0.4 is 5.32 Å². The third-order valence-electron chi connectivity index (χ3n) is 4.98. The number of aromatic nitrogens is 4. The van der Waals surface area contributed by atoms with Crippen molar-refractivity contribution >= 4 is 39.1 Å². The first-order valence-electron chi connectivity index (χ1n) is 8.94. The summed E-state index contributed by atoms with van der Waals surface area (Å²) in [7, 11) is -3.92. The molecule has 2 aromatic heterocycles. The molecule has 4 rings (SSSR count). The average Bonchev–Trinajstić information content (AvgIpc) is 3.23. The van der Waals surface area contributed by atoms with Crippen molar-refractivity contribution < 1.29 is 17.6 Å². The van der Waals surface area contributed by atoms with Gasteiger partial charge in [0.25, 0.3) is 15.9 Å². The fourth-order valence-corrected chi connectivity index (χ4v) is 5.33. The van der Waals surface area contributed by atoms with Crippen molar-refractivity contribution in [1.82, 2.24) is 30.0 Å². The van der Waals surface area contributed by atoms with E-state index in [0.29, 0.717) is 5.02 Å². The van der Waals surface area contributed by atoms with Gasteiger partial charge in [-0.1, -0.05) is 28.4 Å². The van der Waals surface area contributed by atoms with E-state index in [0.717, 1.165) is 10.5 Å². The molecule has 31 heavy (non-hydrogen) atoms. The van der Waals surface area contributed by atoms with Gasteiger partial charge in [0, 0.05) is 30.9 Å². The number of hydrogen-bond donors (Lipinski definition) is 2. The number of amides is 1. The van der Waals surface area contributed by atoms with Crippen molar-refractivity contribution in [2.24, 2.45) is 0 Å². The molecule has 0 saturated carbocycles. The number of pyridine rings is 1. The molecule has 162 valence electrons. The number of carbonyl (C=O) groups excluding carboxylic acids is 1. The van der Waals surface area contributed by atoms with Crippen LogP contribution in [0.15, 0.2) is 47.8 Å². The maximum absolute atomic E-state index is 14.6. The van der Waals surface area contributed by atoms with E-state index in [9.17, 15) is 17.6 Å². The molecule has 0 radical (unpaired) electrons. The summed E-state index contributed by atoms with van der Waals surface area (Å²) < 4.78 is 41.1. The molecular weight excluding hydrogens is 470 g/mol. The summed E-state index contributed by atoms with van der Waals surface area (Å²) in [6, 6.07) is 7.09. The molecule has 3 heterocycles. The summed E-state index contributed by atoms with van der Waals surface area (Å²) >= 11 is 11.9. The fourth-order valence-electron chi connectivity index (χ4n) is 3.39. The largest absolute Gasteiger partial charge is 0.351 e. The minimum atomic E-state index is -3.92. The van der Waals surface area contributed by atoms with E-state index in [1.165, 1.54) is 36.5 Å². The smallest absolute Gasteiger partial charge is 0.264 e. The van der Waals surface area contributed by atoms with Crippen LogP contribution in [0.25, 0.3) is 0 Å². The van der Waals surface area contributed by atoms with Crippen molar-refractivity contribution in [3.05, 3.63) is 69.8 Å². The van der Waals surface area contributed by atoms with E-state index < -0.39 is 27.2 Å². The lowest BCUT2D eigenvalue weighted by molar-refractivity contribution is 0.0895. The molecule has 0 spiro atoms. The zero-order valence-electron chi connectivity index (χ0n) is 15.7. The second kappa shape index (κ2) is 8.15. The first-order valence-corrected chi connectivity index (χ1v) is 11.1. The van der Waals surface area contributed by atoms with Crippen LogP contribution in [0.2, 0.25) is 10.0 Å². The summed E-state index contributed by atoms with van der Waals surface area (Å²) in [4.78, 5) is 16.7. The first kappa shape index (κ1) is 21.6. The molecule has 0 aliphatic carbocycles. The molecule has 13 heteroatoms. The van der Waals surface area contributed by atoms with E-state index in [1.54, 1.807) is 0 Å². The number of nitrogens with one attached hydrogen (secondary N) is 2. The number of carbonyl (C=O) groups is 1. The lowest BCUT2D eigenvalue weighted by Crippen LogP contribution is -2.65. The first-order chi connectivity index (χ1) is 14.7. The Morgan fingerprint density at radius 2 is 2.06 bits per heavy atom. The highest BCUT2D eigenvalue weighted by Crippen LogP contribution is 2.37. The maximum Gasteiger partial charge on any atom is 0.264 e. The van der Waals surface area contributed by atoms with Crippen LogP contribution in [0.4, 0.5) is 4.39 Å². The highest BCUT2D eigenvalue weighted by Gasteiger charge is 2.52. The van der Waals surface area contributed by atoms with Crippen LogP contribution >= 0.6 is 23.2 Å². The molecule has 1 saturated heterocycles. The van der Waals surface area contributed by atoms with E-state index in [1.807, 2.05) is 0 Å². The number of rotatable bonds is 6. The minimum absolute atomic E-state index is 0.0594. The summed E-state index contributed by atoms with van der Waals surface area (Å²) in [5.41, 5.74) is -0.824. The number of sulfonamides is 1. The Morgan fingerprint density at radius 1 is 1.29 bits per heavy atom. The molecule has 0 bridgehead atoms. The monoisotopic (exact) mass is 484 g/mol. The van der Waals surface area contributed by atoms with Crippen molar-refractivity contribution in [2.45, 2.75) is 10.4 Å². The predicted octanol–water partition coefficient (Wildman–Crippen LogP) is 2.02. The lowest BCUT2D eigenvalue weighted by atomic mass is 9.77. The van der Waals surface area contributed by atoms with Crippen LogP contribution in [-0.4, -0.2) is 58.7 Å². The molecule has 3 aromatic rings. The van der Waals surface area contributed by atoms with Crippen molar-refractivity contribution in [3.63, 3.8) is 0 Å². The van der Waals surface area contributed by atoms with Gasteiger partial charge in [-0.2, -0.15) is 4.31 Å². The normalized spacial score (nSPS) is 16.0. The van der Waals surface area contributed by atoms with Gasteiger partial charge in [0.05, 0.1) is 27.9 Å². The quantitative estimate of drug-likeness (QED) is 0.551.